The molecule has 3 rings (SSSR count). The smallest absolute Gasteiger partial charge is 0.228 e. The number of amides is 1. The van der Waals surface area contributed by atoms with Crippen LogP contribution in [0.5, 0.6) is 0 Å². The van der Waals surface area contributed by atoms with E-state index in [2.05, 4.69) is 29.4 Å². The van der Waals surface area contributed by atoms with E-state index in [-0.39, 0.29) is 11.8 Å². The van der Waals surface area contributed by atoms with Gasteiger partial charge in [0, 0.05) is 24.0 Å². The Balaban J connectivity index is 1.69. The molecule has 0 bridgehead atoms. The van der Waals surface area contributed by atoms with E-state index in [9.17, 15) is 4.79 Å². The number of carbonyl (C=O) groups is 1. The van der Waals surface area contributed by atoms with Gasteiger partial charge in [0.25, 0.3) is 0 Å². The van der Waals surface area contributed by atoms with Crippen molar-refractivity contribution in [2.75, 3.05) is 5.32 Å². The molecule has 1 amide bonds. The van der Waals surface area contributed by atoms with Crippen LogP contribution in [0.4, 0.5) is 5.69 Å². The van der Waals surface area contributed by atoms with Crippen LogP contribution in [0.15, 0.2) is 54.9 Å². The van der Waals surface area contributed by atoms with Gasteiger partial charge in [-0.05, 0) is 29.5 Å². The first-order valence-electron chi connectivity index (χ1n) is 6.53. The van der Waals surface area contributed by atoms with E-state index in [1.165, 1.54) is 5.56 Å². The van der Waals surface area contributed by atoms with Gasteiger partial charge in [0.2, 0.25) is 5.91 Å². The SMILES string of the molecule is CC1C(C(=O)Nc2ccncc2)C1c1ccccc1. The second kappa shape index (κ2) is 4.84. The van der Waals surface area contributed by atoms with Gasteiger partial charge in [-0.2, -0.15) is 0 Å². The van der Waals surface area contributed by atoms with Gasteiger partial charge in [-0.15, -0.1) is 0 Å². The maximum absolute atomic E-state index is 12.2. The molecular formula is C16H16N2O. The van der Waals surface area contributed by atoms with Gasteiger partial charge in [0.05, 0.1) is 0 Å². The van der Waals surface area contributed by atoms with Gasteiger partial charge < -0.3 is 5.32 Å². The van der Waals surface area contributed by atoms with E-state index in [0.717, 1.165) is 5.69 Å². The fourth-order valence-corrected chi connectivity index (χ4v) is 2.71. The summed E-state index contributed by atoms with van der Waals surface area (Å²) in [6.07, 6.45) is 3.36. The standard InChI is InChI=1S/C16H16N2O/c1-11-14(12-5-3-2-4-6-12)15(11)16(19)18-13-7-9-17-10-8-13/h2-11,14-15H,1H3,(H,17,18,19). The number of nitrogens with one attached hydrogen (secondary N) is 1. The Hall–Kier alpha value is -2.16. The van der Waals surface area contributed by atoms with Crippen LogP contribution in [0.1, 0.15) is 18.4 Å². The van der Waals surface area contributed by atoms with E-state index in [0.29, 0.717) is 11.8 Å². The fraction of sp³-hybridized carbons (Fsp3) is 0.250. The Morgan fingerprint density at radius 3 is 2.47 bits per heavy atom. The first kappa shape index (κ1) is 11.9. The number of carbonyl (C=O) groups excluding carboxylic acids is 1. The molecule has 1 heterocycles. The van der Waals surface area contributed by atoms with Crippen molar-refractivity contribution in [2.24, 2.45) is 11.8 Å². The van der Waals surface area contributed by atoms with E-state index in [1.807, 2.05) is 30.3 Å². The van der Waals surface area contributed by atoms with E-state index in [1.54, 1.807) is 12.4 Å². The van der Waals surface area contributed by atoms with Gasteiger partial charge in [0.15, 0.2) is 0 Å². The van der Waals surface area contributed by atoms with Gasteiger partial charge in [-0.1, -0.05) is 37.3 Å². The van der Waals surface area contributed by atoms with Crippen LogP contribution in [-0.4, -0.2) is 10.9 Å². The molecule has 0 saturated heterocycles. The monoisotopic (exact) mass is 252 g/mol. The average Bonchev–Trinajstić information content (AvgIpc) is 3.12. The van der Waals surface area contributed by atoms with Crippen LogP contribution in [0.3, 0.4) is 0 Å². The van der Waals surface area contributed by atoms with E-state index < -0.39 is 0 Å². The third-order valence-corrected chi connectivity index (χ3v) is 3.81. The third-order valence-electron chi connectivity index (χ3n) is 3.81. The van der Waals surface area contributed by atoms with Crippen molar-refractivity contribution in [3.63, 3.8) is 0 Å². The van der Waals surface area contributed by atoms with Crippen LogP contribution in [-0.2, 0) is 4.79 Å². The van der Waals surface area contributed by atoms with Crippen LogP contribution in [0, 0.1) is 11.8 Å². The summed E-state index contributed by atoms with van der Waals surface area (Å²) in [6, 6.07) is 13.9. The molecule has 2 aromatic rings. The van der Waals surface area contributed by atoms with Crippen molar-refractivity contribution >= 4 is 11.6 Å². The average molecular weight is 252 g/mol. The summed E-state index contributed by atoms with van der Waals surface area (Å²) in [5, 5.41) is 2.96. The van der Waals surface area contributed by atoms with Crippen molar-refractivity contribution in [3.8, 4) is 0 Å². The van der Waals surface area contributed by atoms with E-state index in [4.69, 9.17) is 0 Å². The maximum Gasteiger partial charge on any atom is 0.228 e. The summed E-state index contributed by atoms with van der Waals surface area (Å²) in [7, 11) is 0. The largest absolute Gasteiger partial charge is 0.326 e. The van der Waals surface area contributed by atoms with Crippen LogP contribution >= 0.6 is 0 Å². The summed E-state index contributed by atoms with van der Waals surface area (Å²) in [6.45, 7) is 2.13. The summed E-state index contributed by atoms with van der Waals surface area (Å²) < 4.78 is 0. The third kappa shape index (κ3) is 2.36. The quantitative estimate of drug-likeness (QED) is 0.912. The van der Waals surface area contributed by atoms with Crippen LogP contribution < -0.4 is 5.32 Å². The molecule has 3 unspecified atom stereocenters. The fourth-order valence-electron chi connectivity index (χ4n) is 2.71. The Morgan fingerprint density at radius 1 is 1.11 bits per heavy atom. The number of pyridine rings is 1. The highest BCUT2D eigenvalue weighted by Gasteiger charge is 2.52. The Labute approximate surface area is 112 Å². The van der Waals surface area contributed by atoms with Crippen molar-refractivity contribution < 1.29 is 4.79 Å². The van der Waals surface area contributed by atoms with Crippen molar-refractivity contribution in [1.29, 1.82) is 0 Å². The molecule has 1 aromatic carbocycles. The molecule has 3 atom stereocenters. The summed E-state index contributed by atoms with van der Waals surface area (Å²) in [4.78, 5) is 16.2. The lowest BCUT2D eigenvalue weighted by molar-refractivity contribution is -0.117. The molecule has 3 nitrogen and oxygen atoms in total. The highest BCUT2D eigenvalue weighted by atomic mass is 16.2. The minimum atomic E-state index is 0.0792. The number of aromatic nitrogens is 1. The Kier molecular flexibility index (Phi) is 3.03. The van der Waals surface area contributed by atoms with Gasteiger partial charge >= 0.3 is 0 Å². The van der Waals surface area contributed by atoms with Gasteiger partial charge in [0.1, 0.15) is 0 Å². The lowest BCUT2D eigenvalue weighted by Gasteiger charge is -2.04. The topological polar surface area (TPSA) is 42.0 Å². The molecule has 1 aliphatic rings. The first-order valence-corrected chi connectivity index (χ1v) is 6.53. The predicted molar refractivity (Wildman–Crippen MR) is 74.7 cm³/mol. The van der Waals surface area contributed by atoms with Gasteiger partial charge in [-0.25, -0.2) is 0 Å². The molecule has 3 heteroatoms. The van der Waals surface area contributed by atoms with Crippen LogP contribution in [0.25, 0.3) is 0 Å². The maximum atomic E-state index is 12.2. The molecule has 0 radical (unpaired) electrons. The zero-order valence-electron chi connectivity index (χ0n) is 10.8. The zero-order valence-corrected chi connectivity index (χ0v) is 10.8. The highest BCUT2D eigenvalue weighted by Crippen LogP contribution is 2.53. The zero-order chi connectivity index (χ0) is 13.2. The van der Waals surface area contributed by atoms with Crippen molar-refractivity contribution in [3.05, 3.63) is 60.4 Å². The molecular weight excluding hydrogens is 236 g/mol. The van der Waals surface area contributed by atoms with Crippen molar-refractivity contribution in [2.45, 2.75) is 12.8 Å². The van der Waals surface area contributed by atoms with Crippen molar-refractivity contribution in [1.82, 2.24) is 4.98 Å². The number of hydrogen-bond acceptors (Lipinski definition) is 2. The molecule has 0 aliphatic heterocycles. The summed E-state index contributed by atoms with van der Waals surface area (Å²) in [5.74, 6) is 0.940. The lowest BCUT2D eigenvalue weighted by atomic mass is 10.1. The molecule has 19 heavy (non-hydrogen) atoms. The number of nitrogens with zero attached hydrogens (tertiary/aromatic N) is 1. The molecule has 1 fully saturated rings. The highest BCUT2D eigenvalue weighted by molar-refractivity contribution is 5.95. The van der Waals surface area contributed by atoms with E-state index >= 15 is 0 Å². The predicted octanol–water partition coefficient (Wildman–Crippen LogP) is 3.07. The van der Waals surface area contributed by atoms with Gasteiger partial charge in [-0.3, -0.25) is 9.78 Å². The summed E-state index contributed by atoms with van der Waals surface area (Å²) >= 11 is 0. The second-order valence-electron chi connectivity index (χ2n) is 5.05. The number of hydrogen-bond donors (Lipinski definition) is 1. The molecule has 0 spiro atoms. The number of rotatable bonds is 3. The number of anilines is 1. The lowest BCUT2D eigenvalue weighted by Crippen LogP contribution is -2.15. The summed E-state index contributed by atoms with van der Waals surface area (Å²) in [5.41, 5.74) is 2.07. The molecule has 96 valence electrons. The molecule has 1 saturated carbocycles. The van der Waals surface area contributed by atoms with Crippen LogP contribution in [0.2, 0.25) is 0 Å². The Bertz CT molecular complexity index is 568. The minimum Gasteiger partial charge on any atom is -0.326 e. The second-order valence-corrected chi connectivity index (χ2v) is 5.05. The Morgan fingerprint density at radius 2 is 1.79 bits per heavy atom. The normalized spacial score (nSPS) is 24.8. The first-order chi connectivity index (χ1) is 9.27. The molecule has 1 aromatic heterocycles. The molecule has 1 N–H and O–H groups in total. The molecule has 1 aliphatic carbocycles. The minimum absolute atomic E-state index is 0.0792. The number of benzene rings is 1.